The minimum absolute atomic E-state index is 0. The number of amides is 1. The van der Waals surface area contributed by atoms with Gasteiger partial charge in [0, 0.05) is 18.8 Å². The molecule has 1 unspecified atom stereocenters. The maximum Gasteiger partial charge on any atom is 0.276 e. The van der Waals surface area contributed by atoms with Crippen LogP contribution in [0.4, 0.5) is 10.1 Å². The molecule has 1 saturated heterocycles. The second-order valence-electron chi connectivity index (χ2n) is 5.48. The van der Waals surface area contributed by atoms with Gasteiger partial charge in [0.1, 0.15) is 11.6 Å². The molecule has 130 valence electrons. The maximum atomic E-state index is 13.3. The summed E-state index contributed by atoms with van der Waals surface area (Å²) < 4.78 is 20.3. The molecule has 1 atom stereocenters. The van der Waals surface area contributed by atoms with Crippen molar-refractivity contribution < 1.29 is 13.9 Å². The van der Waals surface area contributed by atoms with Crippen molar-refractivity contribution >= 4 is 24.0 Å². The van der Waals surface area contributed by atoms with Gasteiger partial charge < -0.3 is 15.4 Å². The Bertz CT molecular complexity index is 701. The SMILES string of the molecule is COc1ccc(F)cc1NC(=O)c1ccn(C2CCCNC2)n1.Cl. The van der Waals surface area contributed by atoms with Crippen LogP contribution in [0, 0.1) is 5.82 Å². The van der Waals surface area contributed by atoms with Gasteiger partial charge in [-0.15, -0.1) is 12.4 Å². The van der Waals surface area contributed by atoms with Crippen LogP contribution in [0.2, 0.25) is 0 Å². The second kappa shape index (κ2) is 8.12. The third kappa shape index (κ3) is 4.04. The predicted octanol–water partition coefficient (Wildman–Crippen LogP) is 2.63. The number of piperidine rings is 1. The highest BCUT2D eigenvalue weighted by atomic mass is 35.5. The zero-order chi connectivity index (χ0) is 16.2. The lowest BCUT2D eigenvalue weighted by Gasteiger charge is -2.22. The van der Waals surface area contributed by atoms with E-state index in [1.54, 1.807) is 12.3 Å². The second-order valence-corrected chi connectivity index (χ2v) is 5.48. The molecular weight excluding hydrogens is 335 g/mol. The largest absolute Gasteiger partial charge is 0.495 e. The molecule has 0 saturated carbocycles. The Kier molecular flexibility index (Phi) is 6.16. The van der Waals surface area contributed by atoms with Gasteiger partial charge in [0.2, 0.25) is 0 Å². The molecule has 0 bridgehead atoms. The first-order chi connectivity index (χ1) is 11.2. The molecule has 6 nitrogen and oxygen atoms in total. The van der Waals surface area contributed by atoms with Gasteiger partial charge in [-0.2, -0.15) is 5.10 Å². The van der Waals surface area contributed by atoms with Crippen LogP contribution in [0.5, 0.6) is 5.75 Å². The molecule has 0 radical (unpaired) electrons. The van der Waals surface area contributed by atoms with E-state index in [0.717, 1.165) is 25.9 Å². The number of carbonyl (C=O) groups is 1. The van der Waals surface area contributed by atoms with Crippen molar-refractivity contribution in [3.63, 3.8) is 0 Å². The van der Waals surface area contributed by atoms with Crippen molar-refractivity contribution in [1.82, 2.24) is 15.1 Å². The van der Waals surface area contributed by atoms with Crippen molar-refractivity contribution in [3.05, 3.63) is 42.0 Å². The number of nitrogens with zero attached hydrogens (tertiary/aromatic N) is 2. The number of methoxy groups -OCH3 is 1. The first kappa shape index (κ1) is 18.2. The molecule has 24 heavy (non-hydrogen) atoms. The van der Waals surface area contributed by atoms with Gasteiger partial charge >= 0.3 is 0 Å². The lowest BCUT2D eigenvalue weighted by atomic mass is 10.1. The van der Waals surface area contributed by atoms with E-state index in [-0.39, 0.29) is 24.1 Å². The Hall–Kier alpha value is -2.12. The van der Waals surface area contributed by atoms with Crippen molar-refractivity contribution in [2.24, 2.45) is 0 Å². The molecule has 1 aromatic carbocycles. The summed E-state index contributed by atoms with van der Waals surface area (Å²) in [5.41, 5.74) is 0.577. The van der Waals surface area contributed by atoms with Crippen LogP contribution in [0.1, 0.15) is 29.4 Å². The minimum Gasteiger partial charge on any atom is -0.495 e. The van der Waals surface area contributed by atoms with Crippen molar-refractivity contribution in [2.75, 3.05) is 25.5 Å². The van der Waals surface area contributed by atoms with Gasteiger partial charge in [-0.25, -0.2) is 4.39 Å². The maximum absolute atomic E-state index is 13.3. The predicted molar refractivity (Wildman–Crippen MR) is 91.5 cm³/mol. The third-order valence-corrected chi connectivity index (χ3v) is 3.90. The smallest absolute Gasteiger partial charge is 0.276 e. The molecule has 0 aliphatic carbocycles. The van der Waals surface area contributed by atoms with Crippen LogP contribution in [0.3, 0.4) is 0 Å². The average molecular weight is 355 g/mol. The zero-order valence-corrected chi connectivity index (χ0v) is 14.1. The van der Waals surface area contributed by atoms with Crippen molar-refractivity contribution in [3.8, 4) is 5.75 Å². The summed E-state index contributed by atoms with van der Waals surface area (Å²) in [6, 6.07) is 5.89. The molecule has 1 amide bonds. The summed E-state index contributed by atoms with van der Waals surface area (Å²) in [6.45, 7) is 1.87. The molecule has 1 aliphatic heterocycles. The van der Waals surface area contributed by atoms with Crippen molar-refractivity contribution in [2.45, 2.75) is 18.9 Å². The van der Waals surface area contributed by atoms with E-state index >= 15 is 0 Å². The van der Waals surface area contributed by atoms with E-state index in [4.69, 9.17) is 4.74 Å². The monoisotopic (exact) mass is 354 g/mol. The lowest BCUT2D eigenvalue weighted by Crippen LogP contribution is -2.32. The number of aromatic nitrogens is 2. The van der Waals surface area contributed by atoms with Crippen LogP contribution in [-0.4, -0.2) is 35.9 Å². The molecule has 2 heterocycles. The number of ether oxygens (including phenoxy) is 1. The molecule has 2 N–H and O–H groups in total. The lowest BCUT2D eigenvalue weighted by molar-refractivity contribution is 0.102. The Morgan fingerprint density at radius 2 is 2.29 bits per heavy atom. The molecule has 1 fully saturated rings. The van der Waals surface area contributed by atoms with Gasteiger partial charge in [0.05, 0.1) is 18.8 Å². The highest BCUT2D eigenvalue weighted by molar-refractivity contribution is 6.03. The zero-order valence-electron chi connectivity index (χ0n) is 13.3. The number of nitrogens with one attached hydrogen (secondary N) is 2. The molecule has 0 spiro atoms. The fraction of sp³-hybridized carbons (Fsp3) is 0.375. The summed E-state index contributed by atoms with van der Waals surface area (Å²) in [6.07, 6.45) is 3.93. The number of benzene rings is 1. The van der Waals surface area contributed by atoms with Gasteiger partial charge in [-0.05, 0) is 37.6 Å². The fourth-order valence-corrected chi connectivity index (χ4v) is 2.69. The Labute approximate surface area is 145 Å². The minimum atomic E-state index is -0.445. The topological polar surface area (TPSA) is 68.2 Å². The standard InChI is InChI=1S/C16H19FN4O2.ClH/c1-23-15-5-4-11(17)9-14(15)19-16(22)13-6-8-21(20-13)12-3-2-7-18-10-12;/h4-6,8-9,12,18H,2-3,7,10H2,1H3,(H,19,22);1H. The van der Waals surface area contributed by atoms with Gasteiger partial charge in [-0.1, -0.05) is 0 Å². The molecular formula is C16H20ClFN4O2. The summed E-state index contributed by atoms with van der Waals surface area (Å²) in [5, 5.41) is 10.3. The van der Waals surface area contributed by atoms with Crippen molar-refractivity contribution in [1.29, 1.82) is 0 Å². The number of hydrogen-bond donors (Lipinski definition) is 2. The van der Waals surface area contributed by atoms with E-state index in [2.05, 4.69) is 15.7 Å². The number of rotatable bonds is 4. The Morgan fingerprint density at radius 3 is 3.00 bits per heavy atom. The number of halogens is 2. The van der Waals surface area contributed by atoms with Crippen LogP contribution < -0.4 is 15.4 Å². The van der Waals surface area contributed by atoms with E-state index in [1.165, 1.54) is 25.3 Å². The number of carbonyl (C=O) groups excluding carboxylic acids is 1. The normalized spacial score (nSPS) is 17.0. The fourth-order valence-electron chi connectivity index (χ4n) is 2.69. The van der Waals surface area contributed by atoms with E-state index in [1.807, 2.05) is 4.68 Å². The van der Waals surface area contributed by atoms with Gasteiger partial charge in [0.15, 0.2) is 5.69 Å². The van der Waals surface area contributed by atoms with E-state index in [0.29, 0.717) is 11.4 Å². The number of hydrogen-bond acceptors (Lipinski definition) is 4. The van der Waals surface area contributed by atoms with E-state index < -0.39 is 11.7 Å². The quantitative estimate of drug-likeness (QED) is 0.885. The number of anilines is 1. The molecule has 1 aliphatic rings. The third-order valence-electron chi connectivity index (χ3n) is 3.90. The molecule has 3 rings (SSSR count). The van der Waals surface area contributed by atoms with Gasteiger partial charge in [0.25, 0.3) is 5.91 Å². The highest BCUT2D eigenvalue weighted by Crippen LogP contribution is 2.25. The molecule has 1 aromatic heterocycles. The summed E-state index contributed by atoms with van der Waals surface area (Å²) in [7, 11) is 1.47. The molecule has 8 heteroatoms. The van der Waals surface area contributed by atoms with E-state index in [9.17, 15) is 9.18 Å². The van der Waals surface area contributed by atoms with Crippen LogP contribution in [0.15, 0.2) is 30.5 Å². The summed E-state index contributed by atoms with van der Waals surface area (Å²) >= 11 is 0. The Balaban J connectivity index is 0.00000208. The first-order valence-corrected chi connectivity index (χ1v) is 7.58. The average Bonchev–Trinajstić information content (AvgIpc) is 3.06. The summed E-state index contributed by atoms with van der Waals surface area (Å²) in [5.74, 6) is -0.438. The van der Waals surface area contributed by atoms with Crippen LogP contribution in [0.25, 0.3) is 0 Å². The Morgan fingerprint density at radius 1 is 1.46 bits per heavy atom. The molecule has 2 aromatic rings. The van der Waals surface area contributed by atoms with Crippen LogP contribution in [-0.2, 0) is 0 Å². The highest BCUT2D eigenvalue weighted by Gasteiger charge is 2.18. The first-order valence-electron chi connectivity index (χ1n) is 7.58. The van der Waals surface area contributed by atoms with Gasteiger partial charge in [-0.3, -0.25) is 9.48 Å². The summed E-state index contributed by atoms with van der Waals surface area (Å²) in [4.78, 5) is 12.3. The van der Waals surface area contributed by atoms with Crippen LogP contribution >= 0.6 is 12.4 Å².